The van der Waals surface area contributed by atoms with Crippen LogP contribution in [0.1, 0.15) is 32.1 Å². The minimum atomic E-state index is -0.996. The standard InChI is InChI=1S/C15H16F2N2O2/c16-11-4-3-10(9-12(11)17)19-8-5-13(20)18-15(14(19)21)6-1-2-7-15/h3-4,9H,1-2,5-8H2,(H,18,20). The molecule has 1 spiro atoms. The summed E-state index contributed by atoms with van der Waals surface area (Å²) in [6.45, 7) is 0.178. The van der Waals surface area contributed by atoms with Crippen LogP contribution in [0.5, 0.6) is 0 Å². The largest absolute Gasteiger partial charge is 0.342 e. The summed E-state index contributed by atoms with van der Waals surface area (Å²) in [5.74, 6) is -2.35. The van der Waals surface area contributed by atoms with Gasteiger partial charge in [-0.2, -0.15) is 0 Å². The number of amides is 2. The molecule has 1 N–H and O–H groups in total. The molecule has 3 rings (SSSR count). The van der Waals surface area contributed by atoms with E-state index in [1.165, 1.54) is 11.0 Å². The van der Waals surface area contributed by atoms with Gasteiger partial charge in [0.1, 0.15) is 5.54 Å². The molecule has 1 saturated heterocycles. The van der Waals surface area contributed by atoms with Crippen LogP contribution in [0.15, 0.2) is 18.2 Å². The monoisotopic (exact) mass is 294 g/mol. The Bertz CT molecular complexity index is 597. The lowest BCUT2D eigenvalue weighted by Gasteiger charge is -2.31. The molecular weight excluding hydrogens is 278 g/mol. The van der Waals surface area contributed by atoms with Gasteiger partial charge in [0.05, 0.1) is 0 Å². The van der Waals surface area contributed by atoms with Crippen molar-refractivity contribution in [3.8, 4) is 0 Å². The summed E-state index contributed by atoms with van der Waals surface area (Å²) in [6, 6.07) is 3.37. The van der Waals surface area contributed by atoms with E-state index >= 15 is 0 Å². The van der Waals surface area contributed by atoms with Crippen molar-refractivity contribution >= 4 is 17.5 Å². The van der Waals surface area contributed by atoms with E-state index in [1.807, 2.05) is 0 Å². The second-order valence-corrected chi connectivity index (χ2v) is 5.64. The second kappa shape index (κ2) is 5.09. The normalized spacial score (nSPS) is 21.5. The molecule has 0 aromatic heterocycles. The lowest BCUT2D eigenvalue weighted by molar-refractivity contribution is -0.129. The van der Waals surface area contributed by atoms with Crippen LogP contribution < -0.4 is 10.2 Å². The number of carbonyl (C=O) groups is 2. The van der Waals surface area contributed by atoms with E-state index in [9.17, 15) is 18.4 Å². The van der Waals surface area contributed by atoms with Gasteiger partial charge in [0, 0.05) is 24.7 Å². The quantitative estimate of drug-likeness (QED) is 0.862. The molecule has 1 aromatic rings. The zero-order valence-corrected chi connectivity index (χ0v) is 11.5. The van der Waals surface area contributed by atoms with Gasteiger partial charge in [0.2, 0.25) is 5.91 Å². The van der Waals surface area contributed by atoms with Crippen LogP contribution in [0.3, 0.4) is 0 Å². The number of carbonyl (C=O) groups excluding carboxylic acids is 2. The molecule has 0 unspecified atom stereocenters. The number of hydrogen-bond donors (Lipinski definition) is 1. The minimum Gasteiger partial charge on any atom is -0.342 e. The summed E-state index contributed by atoms with van der Waals surface area (Å²) in [6.07, 6.45) is 3.09. The Morgan fingerprint density at radius 3 is 2.48 bits per heavy atom. The number of halogens is 2. The number of rotatable bonds is 1. The van der Waals surface area contributed by atoms with Gasteiger partial charge in [-0.1, -0.05) is 12.8 Å². The van der Waals surface area contributed by atoms with Gasteiger partial charge in [0.15, 0.2) is 11.6 Å². The van der Waals surface area contributed by atoms with Gasteiger partial charge >= 0.3 is 0 Å². The zero-order valence-electron chi connectivity index (χ0n) is 11.5. The summed E-state index contributed by atoms with van der Waals surface area (Å²) in [7, 11) is 0. The zero-order chi connectivity index (χ0) is 15.0. The third-order valence-corrected chi connectivity index (χ3v) is 4.27. The first kappa shape index (κ1) is 14.0. The van der Waals surface area contributed by atoms with Crippen LogP contribution >= 0.6 is 0 Å². The van der Waals surface area contributed by atoms with Crippen LogP contribution in [0, 0.1) is 11.6 Å². The average molecular weight is 294 g/mol. The fourth-order valence-corrected chi connectivity index (χ4v) is 3.17. The number of hydrogen-bond acceptors (Lipinski definition) is 2. The molecule has 2 amide bonds. The molecule has 6 heteroatoms. The third kappa shape index (κ3) is 2.39. The fraction of sp³-hybridized carbons (Fsp3) is 0.467. The van der Waals surface area contributed by atoms with E-state index < -0.39 is 17.2 Å². The molecule has 1 aliphatic carbocycles. The maximum absolute atomic E-state index is 13.4. The smallest absolute Gasteiger partial charge is 0.252 e. The van der Waals surface area contributed by atoms with Crippen LogP contribution in [-0.4, -0.2) is 23.9 Å². The molecule has 2 aliphatic rings. The number of nitrogens with one attached hydrogen (secondary N) is 1. The van der Waals surface area contributed by atoms with Crippen molar-refractivity contribution in [1.29, 1.82) is 0 Å². The lowest BCUT2D eigenvalue weighted by atomic mass is 9.95. The SMILES string of the molecule is O=C1CCN(c2ccc(F)c(F)c2)C(=O)C2(CCCC2)N1. The van der Waals surface area contributed by atoms with Gasteiger partial charge in [-0.25, -0.2) is 8.78 Å². The predicted molar refractivity (Wildman–Crippen MR) is 72.7 cm³/mol. The van der Waals surface area contributed by atoms with Gasteiger partial charge in [-0.3, -0.25) is 9.59 Å². The van der Waals surface area contributed by atoms with Crippen molar-refractivity contribution in [3.05, 3.63) is 29.8 Å². The molecule has 112 valence electrons. The molecule has 2 fully saturated rings. The molecule has 1 heterocycles. The summed E-state index contributed by atoms with van der Waals surface area (Å²) in [5.41, 5.74) is -0.583. The van der Waals surface area contributed by atoms with E-state index in [1.54, 1.807) is 0 Å². The Balaban J connectivity index is 1.98. The van der Waals surface area contributed by atoms with Crippen LogP contribution in [0.4, 0.5) is 14.5 Å². The molecule has 4 nitrogen and oxygen atoms in total. The van der Waals surface area contributed by atoms with Crippen molar-refractivity contribution in [2.45, 2.75) is 37.6 Å². The highest BCUT2D eigenvalue weighted by molar-refractivity contribution is 6.04. The molecule has 1 aliphatic heterocycles. The van der Waals surface area contributed by atoms with Crippen molar-refractivity contribution < 1.29 is 18.4 Å². The van der Waals surface area contributed by atoms with Crippen LogP contribution in [0.2, 0.25) is 0 Å². The van der Waals surface area contributed by atoms with Crippen molar-refractivity contribution in [1.82, 2.24) is 5.32 Å². The number of anilines is 1. The Kier molecular flexibility index (Phi) is 3.39. The minimum absolute atomic E-state index is 0.159. The van der Waals surface area contributed by atoms with E-state index in [0.717, 1.165) is 25.0 Å². The first-order valence-corrected chi connectivity index (χ1v) is 7.10. The van der Waals surface area contributed by atoms with E-state index in [-0.39, 0.29) is 24.8 Å². The number of nitrogens with zero attached hydrogens (tertiary/aromatic N) is 1. The van der Waals surface area contributed by atoms with Crippen LogP contribution in [0.25, 0.3) is 0 Å². The molecule has 21 heavy (non-hydrogen) atoms. The molecule has 0 radical (unpaired) electrons. The fourth-order valence-electron chi connectivity index (χ4n) is 3.17. The summed E-state index contributed by atoms with van der Waals surface area (Å²) >= 11 is 0. The highest BCUT2D eigenvalue weighted by Gasteiger charge is 2.46. The maximum atomic E-state index is 13.4. The molecule has 0 atom stereocenters. The highest BCUT2D eigenvalue weighted by atomic mass is 19.2. The first-order valence-electron chi connectivity index (χ1n) is 7.10. The van der Waals surface area contributed by atoms with Gasteiger partial charge < -0.3 is 10.2 Å². The summed E-state index contributed by atoms with van der Waals surface area (Å²) in [4.78, 5) is 26.1. The Hall–Kier alpha value is -1.98. The molecule has 0 bridgehead atoms. The van der Waals surface area contributed by atoms with Crippen molar-refractivity contribution in [2.24, 2.45) is 0 Å². The predicted octanol–water partition coefficient (Wildman–Crippen LogP) is 2.13. The van der Waals surface area contributed by atoms with E-state index in [2.05, 4.69) is 5.32 Å². The van der Waals surface area contributed by atoms with Crippen LogP contribution in [-0.2, 0) is 9.59 Å². The molecular formula is C15H16F2N2O2. The average Bonchev–Trinajstić information content (AvgIpc) is 2.87. The lowest BCUT2D eigenvalue weighted by Crippen LogP contribution is -2.55. The summed E-state index contributed by atoms with van der Waals surface area (Å²) in [5, 5.41) is 2.83. The maximum Gasteiger partial charge on any atom is 0.252 e. The molecule has 1 aromatic carbocycles. The van der Waals surface area contributed by atoms with Gasteiger partial charge in [0.25, 0.3) is 5.91 Å². The van der Waals surface area contributed by atoms with E-state index in [4.69, 9.17) is 0 Å². The Morgan fingerprint density at radius 2 is 1.81 bits per heavy atom. The third-order valence-electron chi connectivity index (χ3n) is 4.27. The van der Waals surface area contributed by atoms with Gasteiger partial charge in [-0.05, 0) is 25.0 Å². The molecule has 1 saturated carbocycles. The number of benzene rings is 1. The Morgan fingerprint density at radius 1 is 1.10 bits per heavy atom. The topological polar surface area (TPSA) is 49.4 Å². The van der Waals surface area contributed by atoms with Crippen molar-refractivity contribution in [2.75, 3.05) is 11.4 Å². The highest BCUT2D eigenvalue weighted by Crippen LogP contribution is 2.34. The first-order chi connectivity index (χ1) is 10.0. The van der Waals surface area contributed by atoms with Gasteiger partial charge in [-0.15, -0.1) is 0 Å². The van der Waals surface area contributed by atoms with E-state index in [0.29, 0.717) is 18.5 Å². The van der Waals surface area contributed by atoms with Crippen molar-refractivity contribution in [3.63, 3.8) is 0 Å². The second-order valence-electron chi connectivity index (χ2n) is 5.64. The summed E-state index contributed by atoms with van der Waals surface area (Å²) < 4.78 is 26.5. The Labute approximate surface area is 121 Å².